The molecule has 3 rings (SSSR count). The van der Waals surface area contributed by atoms with E-state index in [1.54, 1.807) is 13.2 Å². The minimum absolute atomic E-state index is 0.00797. The van der Waals surface area contributed by atoms with Gasteiger partial charge in [0.05, 0.1) is 0 Å². The van der Waals surface area contributed by atoms with Crippen LogP contribution in [0.5, 0.6) is 0 Å². The van der Waals surface area contributed by atoms with Gasteiger partial charge in [-0.2, -0.15) is 0 Å². The van der Waals surface area contributed by atoms with E-state index in [4.69, 9.17) is 16.3 Å². The lowest BCUT2D eigenvalue weighted by Crippen LogP contribution is -2.28. The third kappa shape index (κ3) is 5.21. The number of aryl methyl sites for hydroxylation is 1. The summed E-state index contributed by atoms with van der Waals surface area (Å²) < 4.78 is 5.11. The maximum Gasteiger partial charge on any atom is 0.266 e. The van der Waals surface area contributed by atoms with Crippen LogP contribution in [0.4, 0.5) is 0 Å². The molecule has 1 saturated heterocycles. The van der Waals surface area contributed by atoms with Crippen molar-refractivity contribution >= 4 is 17.5 Å². The highest BCUT2D eigenvalue weighted by Gasteiger charge is 2.26. The molecule has 27 heavy (non-hydrogen) atoms. The standard InChI is InChI=1S/C21H25ClN2O3/c1-27-12-2-3-14-4-6-15(7-5-14)17(13-16-8-11-20(25)23-16)19-10-9-18(22)21(26)24-19/h4-7,9-10,16-17H,2-3,8,11-13H2,1H3,(H,23,25)(H,24,26)/t16-,17?/m1/s1. The largest absolute Gasteiger partial charge is 0.385 e. The summed E-state index contributed by atoms with van der Waals surface area (Å²) in [6.07, 6.45) is 4.08. The number of rotatable bonds is 8. The Balaban J connectivity index is 1.83. The van der Waals surface area contributed by atoms with Gasteiger partial charge >= 0.3 is 0 Å². The number of carbonyl (C=O) groups excluding carboxylic acids is 1. The van der Waals surface area contributed by atoms with Gasteiger partial charge in [-0.3, -0.25) is 9.59 Å². The zero-order valence-corrected chi connectivity index (χ0v) is 16.2. The van der Waals surface area contributed by atoms with Gasteiger partial charge in [0, 0.05) is 37.8 Å². The van der Waals surface area contributed by atoms with Gasteiger partial charge in [-0.25, -0.2) is 0 Å². The Bertz CT molecular complexity index is 832. The van der Waals surface area contributed by atoms with Crippen LogP contribution >= 0.6 is 11.6 Å². The van der Waals surface area contributed by atoms with E-state index < -0.39 is 0 Å². The molecule has 0 saturated carbocycles. The Morgan fingerprint density at radius 3 is 2.59 bits per heavy atom. The average Bonchev–Trinajstić information content (AvgIpc) is 3.08. The number of hydrogen-bond donors (Lipinski definition) is 2. The molecule has 1 aliphatic rings. The van der Waals surface area contributed by atoms with Crippen LogP contribution in [0, 0.1) is 0 Å². The Hall–Kier alpha value is -2.11. The first-order chi connectivity index (χ1) is 13.1. The molecule has 1 aliphatic heterocycles. The number of methoxy groups -OCH3 is 1. The second-order valence-corrected chi connectivity index (χ2v) is 7.43. The molecule has 0 spiro atoms. The van der Waals surface area contributed by atoms with Crippen LogP contribution in [0.2, 0.25) is 5.02 Å². The number of hydrogen-bond acceptors (Lipinski definition) is 3. The fourth-order valence-electron chi connectivity index (χ4n) is 3.59. The van der Waals surface area contributed by atoms with Crippen LogP contribution in [-0.2, 0) is 16.0 Å². The molecule has 1 fully saturated rings. The Labute approximate surface area is 164 Å². The number of aromatic nitrogens is 1. The van der Waals surface area contributed by atoms with E-state index >= 15 is 0 Å². The maximum absolute atomic E-state index is 12.0. The molecule has 2 aromatic rings. The summed E-state index contributed by atoms with van der Waals surface area (Å²) in [7, 11) is 1.71. The number of benzene rings is 1. The lowest BCUT2D eigenvalue weighted by atomic mass is 9.87. The molecule has 2 N–H and O–H groups in total. The van der Waals surface area contributed by atoms with Crippen LogP contribution in [0.15, 0.2) is 41.2 Å². The number of amides is 1. The van der Waals surface area contributed by atoms with E-state index in [0.717, 1.165) is 43.5 Å². The van der Waals surface area contributed by atoms with Crippen molar-refractivity contribution in [2.45, 2.75) is 44.1 Å². The summed E-state index contributed by atoms with van der Waals surface area (Å²) in [6.45, 7) is 0.748. The van der Waals surface area contributed by atoms with Crippen molar-refractivity contribution in [1.29, 1.82) is 0 Å². The third-order valence-electron chi connectivity index (χ3n) is 5.06. The van der Waals surface area contributed by atoms with Crippen molar-refractivity contribution in [2.24, 2.45) is 0 Å². The molecule has 1 aromatic heterocycles. The van der Waals surface area contributed by atoms with Gasteiger partial charge in [0.15, 0.2) is 0 Å². The SMILES string of the molecule is COCCCc1ccc(C(C[C@H]2CCC(=O)N2)c2ccc(Cl)c(=O)[nH]2)cc1. The molecule has 5 nitrogen and oxygen atoms in total. The topological polar surface area (TPSA) is 71.2 Å². The van der Waals surface area contributed by atoms with Crippen LogP contribution < -0.4 is 10.9 Å². The van der Waals surface area contributed by atoms with Crippen LogP contribution in [0.1, 0.15) is 48.4 Å². The van der Waals surface area contributed by atoms with Crippen LogP contribution in [0.3, 0.4) is 0 Å². The maximum atomic E-state index is 12.0. The van der Waals surface area contributed by atoms with Gasteiger partial charge in [-0.1, -0.05) is 35.9 Å². The summed E-state index contributed by atoms with van der Waals surface area (Å²) in [5.41, 5.74) is 2.90. The monoisotopic (exact) mass is 388 g/mol. The number of ether oxygens (including phenoxy) is 1. The van der Waals surface area contributed by atoms with E-state index in [1.165, 1.54) is 5.56 Å². The second kappa shape index (κ2) is 9.20. The fraction of sp³-hybridized carbons (Fsp3) is 0.429. The molecule has 144 valence electrons. The molecule has 0 aliphatic carbocycles. The predicted molar refractivity (Wildman–Crippen MR) is 106 cm³/mol. The van der Waals surface area contributed by atoms with Crippen molar-refractivity contribution in [3.63, 3.8) is 0 Å². The first-order valence-electron chi connectivity index (χ1n) is 9.32. The predicted octanol–water partition coefficient (Wildman–Crippen LogP) is 3.41. The summed E-state index contributed by atoms with van der Waals surface area (Å²) in [5, 5.41) is 3.21. The van der Waals surface area contributed by atoms with Crippen molar-refractivity contribution in [3.05, 3.63) is 68.6 Å². The number of carbonyl (C=O) groups is 1. The number of halogens is 1. The first-order valence-corrected chi connectivity index (χ1v) is 9.70. The molecule has 2 atom stereocenters. The van der Waals surface area contributed by atoms with Gasteiger partial charge in [-0.15, -0.1) is 0 Å². The summed E-state index contributed by atoms with van der Waals surface area (Å²) in [6, 6.07) is 12.1. The third-order valence-corrected chi connectivity index (χ3v) is 5.36. The van der Waals surface area contributed by atoms with Crippen LogP contribution in [-0.4, -0.2) is 30.6 Å². The van der Waals surface area contributed by atoms with Crippen molar-refractivity contribution in [2.75, 3.05) is 13.7 Å². The lowest BCUT2D eigenvalue weighted by molar-refractivity contribution is -0.119. The number of pyridine rings is 1. The molecular weight excluding hydrogens is 364 g/mol. The second-order valence-electron chi connectivity index (χ2n) is 7.02. The zero-order valence-electron chi connectivity index (χ0n) is 15.5. The zero-order chi connectivity index (χ0) is 19.2. The highest BCUT2D eigenvalue weighted by Crippen LogP contribution is 2.30. The van der Waals surface area contributed by atoms with Crippen molar-refractivity contribution in [3.8, 4) is 0 Å². The van der Waals surface area contributed by atoms with E-state index in [9.17, 15) is 9.59 Å². The fourth-order valence-corrected chi connectivity index (χ4v) is 3.70. The number of aromatic amines is 1. The molecule has 2 heterocycles. The highest BCUT2D eigenvalue weighted by atomic mass is 35.5. The summed E-state index contributed by atoms with van der Waals surface area (Å²) in [4.78, 5) is 26.5. The van der Waals surface area contributed by atoms with E-state index in [1.807, 2.05) is 6.07 Å². The minimum Gasteiger partial charge on any atom is -0.385 e. The molecule has 0 radical (unpaired) electrons. The molecular formula is C21H25ClN2O3. The van der Waals surface area contributed by atoms with E-state index in [2.05, 4.69) is 34.6 Å². The lowest BCUT2D eigenvalue weighted by Gasteiger charge is -2.22. The quantitative estimate of drug-likeness (QED) is 0.681. The van der Waals surface area contributed by atoms with Gasteiger partial charge < -0.3 is 15.0 Å². The molecule has 1 unspecified atom stereocenters. The van der Waals surface area contributed by atoms with E-state index in [-0.39, 0.29) is 28.4 Å². The van der Waals surface area contributed by atoms with Crippen LogP contribution in [0.25, 0.3) is 0 Å². The number of nitrogens with one attached hydrogen (secondary N) is 2. The van der Waals surface area contributed by atoms with Crippen molar-refractivity contribution in [1.82, 2.24) is 10.3 Å². The molecule has 1 amide bonds. The normalized spacial score (nSPS) is 17.7. The van der Waals surface area contributed by atoms with Gasteiger partial charge in [0.1, 0.15) is 5.02 Å². The van der Waals surface area contributed by atoms with Crippen molar-refractivity contribution < 1.29 is 9.53 Å². The Kier molecular flexibility index (Phi) is 6.69. The van der Waals surface area contributed by atoms with Gasteiger partial charge in [-0.05, 0) is 48.9 Å². The summed E-state index contributed by atoms with van der Waals surface area (Å²) in [5.74, 6) is 0.0863. The van der Waals surface area contributed by atoms with Gasteiger partial charge in [0.2, 0.25) is 5.91 Å². The summed E-state index contributed by atoms with van der Waals surface area (Å²) >= 11 is 5.89. The highest BCUT2D eigenvalue weighted by molar-refractivity contribution is 6.30. The first kappa shape index (κ1) is 19.6. The number of H-pyrrole nitrogens is 1. The smallest absolute Gasteiger partial charge is 0.266 e. The van der Waals surface area contributed by atoms with E-state index in [0.29, 0.717) is 6.42 Å². The average molecular weight is 389 g/mol. The minimum atomic E-state index is -0.286. The molecule has 6 heteroatoms. The molecule has 0 bridgehead atoms. The Morgan fingerprint density at radius 1 is 1.19 bits per heavy atom. The Morgan fingerprint density at radius 2 is 1.96 bits per heavy atom. The molecule has 1 aromatic carbocycles. The van der Waals surface area contributed by atoms with Gasteiger partial charge in [0.25, 0.3) is 5.56 Å².